The summed E-state index contributed by atoms with van der Waals surface area (Å²) in [5.74, 6) is -4.37. The Morgan fingerprint density at radius 1 is 0.700 bits per heavy atom. The van der Waals surface area contributed by atoms with E-state index in [2.05, 4.69) is 0 Å². The third kappa shape index (κ3) is 11.8. The van der Waals surface area contributed by atoms with Gasteiger partial charge < -0.3 is 41.7 Å². The molecule has 15 nitrogen and oxygen atoms in total. The van der Waals surface area contributed by atoms with Gasteiger partial charge in [0.2, 0.25) is 41.4 Å². The zero-order valence-electron chi connectivity index (χ0n) is 31.3. The number of rotatable bonds is 19. The van der Waals surface area contributed by atoms with Crippen LogP contribution in [0.4, 0.5) is 0 Å². The second-order valence-electron chi connectivity index (χ2n) is 13.6. The summed E-state index contributed by atoms with van der Waals surface area (Å²) in [4.78, 5) is 97.7. The third-order valence-electron chi connectivity index (χ3n) is 9.23. The number of carbonyl (C=O) groups excluding carboxylic acids is 7. The van der Waals surface area contributed by atoms with Crippen molar-refractivity contribution in [3.8, 4) is 0 Å². The molecule has 1 aromatic rings. The average molecular weight is 703 g/mol. The first-order valence-corrected chi connectivity index (χ1v) is 16.8. The predicted octanol–water partition coefficient (Wildman–Crippen LogP) is -0.204. The number of nitrogens with two attached hydrogens (primary N) is 3. The molecule has 6 atom stereocenters. The third-order valence-corrected chi connectivity index (χ3v) is 9.23. The second kappa shape index (κ2) is 19.6. The normalized spacial score (nSPS) is 14.7. The van der Waals surface area contributed by atoms with E-state index in [0.29, 0.717) is 12.8 Å². The lowest BCUT2D eigenvalue weighted by Gasteiger charge is -2.39. The van der Waals surface area contributed by atoms with Crippen LogP contribution in [-0.4, -0.2) is 138 Å². The lowest BCUT2D eigenvalue weighted by atomic mass is 9.94. The Labute approximate surface area is 296 Å². The quantitative estimate of drug-likeness (QED) is 0.175. The van der Waals surface area contributed by atoms with Gasteiger partial charge in [-0.25, -0.2) is 0 Å². The lowest BCUT2D eigenvalue weighted by Crippen LogP contribution is -2.59. The molecular weight excluding hydrogens is 644 g/mol. The van der Waals surface area contributed by atoms with Crippen molar-refractivity contribution in [2.75, 3.05) is 41.8 Å². The number of nitrogens with zero attached hydrogens (tertiary/aromatic N) is 5. The van der Waals surface area contributed by atoms with E-state index in [-0.39, 0.29) is 18.3 Å². The molecule has 0 aliphatic heterocycles. The zero-order chi connectivity index (χ0) is 38.6. The van der Waals surface area contributed by atoms with E-state index < -0.39 is 84.5 Å². The highest BCUT2D eigenvalue weighted by Crippen LogP contribution is 2.21. The Balaban J connectivity index is 3.22. The van der Waals surface area contributed by atoms with Gasteiger partial charge >= 0.3 is 0 Å². The van der Waals surface area contributed by atoms with Gasteiger partial charge in [-0.3, -0.25) is 33.6 Å². The van der Waals surface area contributed by atoms with E-state index in [1.807, 2.05) is 33.8 Å². The molecule has 0 heterocycles. The van der Waals surface area contributed by atoms with Crippen molar-refractivity contribution in [3.05, 3.63) is 35.9 Å². The molecule has 0 aliphatic carbocycles. The first-order chi connectivity index (χ1) is 23.2. The van der Waals surface area contributed by atoms with Crippen molar-refractivity contribution in [1.29, 1.82) is 0 Å². The highest BCUT2D eigenvalue weighted by Gasteiger charge is 2.39. The zero-order valence-corrected chi connectivity index (χ0v) is 31.3. The summed E-state index contributed by atoms with van der Waals surface area (Å²) in [6.45, 7) is 8.64. The van der Waals surface area contributed by atoms with Gasteiger partial charge in [0.05, 0.1) is 19.0 Å². The lowest BCUT2D eigenvalue weighted by molar-refractivity contribution is -0.153. The summed E-state index contributed by atoms with van der Waals surface area (Å²) in [5, 5.41) is 0. The molecule has 0 saturated heterocycles. The number of amides is 7. The van der Waals surface area contributed by atoms with Gasteiger partial charge in [0.25, 0.3) is 0 Å². The summed E-state index contributed by atoms with van der Waals surface area (Å²) >= 11 is 0. The maximum atomic E-state index is 13.8. The summed E-state index contributed by atoms with van der Waals surface area (Å²) < 4.78 is 0. The van der Waals surface area contributed by atoms with E-state index in [1.165, 1.54) is 56.9 Å². The van der Waals surface area contributed by atoms with Gasteiger partial charge in [-0.1, -0.05) is 64.4 Å². The number of benzene rings is 1. The number of likely N-dealkylation sites (N-methyl/N-ethyl adjacent to an activating group) is 5. The molecule has 0 radical (unpaired) electrons. The van der Waals surface area contributed by atoms with Crippen LogP contribution >= 0.6 is 0 Å². The van der Waals surface area contributed by atoms with E-state index in [1.54, 1.807) is 24.3 Å². The van der Waals surface area contributed by atoms with E-state index >= 15 is 0 Å². The Morgan fingerprint density at radius 2 is 1.24 bits per heavy atom. The highest BCUT2D eigenvalue weighted by molar-refractivity contribution is 5.96. The van der Waals surface area contributed by atoms with Gasteiger partial charge in [-0.15, -0.1) is 0 Å². The van der Waals surface area contributed by atoms with Gasteiger partial charge in [0.15, 0.2) is 0 Å². The molecule has 280 valence electrons. The fourth-order valence-electron chi connectivity index (χ4n) is 5.69. The van der Waals surface area contributed by atoms with Crippen LogP contribution in [0, 0.1) is 11.8 Å². The van der Waals surface area contributed by atoms with Crippen LogP contribution in [0.3, 0.4) is 0 Å². The van der Waals surface area contributed by atoms with Crippen molar-refractivity contribution in [3.63, 3.8) is 0 Å². The molecular formula is C35H58N8O7. The van der Waals surface area contributed by atoms with E-state index in [9.17, 15) is 33.6 Å². The predicted molar refractivity (Wildman–Crippen MR) is 190 cm³/mol. The van der Waals surface area contributed by atoms with E-state index in [0.717, 1.165) is 15.4 Å². The monoisotopic (exact) mass is 702 g/mol. The minimum absolute atomic E-state index is 0.0859. The van der Waals surface area contributed by atoms with Gasteiger partial charge in [-0.2, -0.15) is 0 Å². The molecule has 0 fully saturated rings. The summed E-state index contributed by atoms with van der Waals surface area (Å²) in [7, 11) is 7.22. The molecule has 6 N–H and O–H groups in total. The van der Waals surface area contributed by atoms with Crippen molar-refractivity contribution in [2.24, 2.45) is 29.0 Å². The van der Waals surface area contributed by atoms with Crippen molar-refractivity contribution < 1.29 is 33.6 Å². The number of hydrogen-bond donors (Lipinski definition) is 3. The topological polar surface area (TPSA) is 214 Å². The second-order valence-corrected chi connectivity index (χ2v) is 13.6. The van der Waals surface area contributed by atoms with Gasteiger partial charge in [0, 0.05) is 41.7 Å². The molecule has 1 aromatic carbocycles. The van der Waals surface area contributed by atoms with Crippen LogP contribution in [0.15, 0.2) is 30.3 Å². The minimum Gasteiger partial charge on any atom is -0.370 e. The smallest absolute Gasteiger partial charge is 0.246 e. The Kier molecular flexibility index (Phi) is 17.1. The first-order valence-electron chi connectivity index (χ1n) is 16.8. The molecule has 0 saturated carbocycles. The molecule has 0 aromatic heterocycles. The Morgan fingerprint density at radius 3 is 1.72 bits per heavy atom. The van der Waals surface area contributed by atoms with Gasteiger partial charge in [0.1, 0.15) is 24.2 Å². The van der Waals surface area contributed by atoms with Crippen LogP contribution in [-0.2, 0) is 40.0 Å². The van der Waals surface area contributed by atoms with Crippen LogP contribution in [0.2, 0.25) is 0 Å². The molecule has 7 amide bonds. The molecule has 0 bridgehead atoms. The molecule has 50 heavy (non-hydrogen) atoms. The maximum Gasteiger partial charge on any atom is 0.246 e. The Bertz CT molecular complexity index is 1360. The molecule has 0 unspecified atom stereocenters. The van der Waals surface area contributed by atoms with Crippen LogP contribution in [0.1, 0.15) is 59.4 Å². The number of primary amides is 2. The molecule has 0 spiro atoms. The minimum atomic E-state index is -1.26. The van der Waals surface area contributed by atoms with Gasteiger partial charge in [-0.05, 0) is 30.7 Å². The fourth-order valence-corrected chi connectivity index (χ4v) is 5.69. The summed E-state index contributed by atoms with van der Waals surface area (Å²) in [6.07, 6.45) is 0.613. The largest absolute Gasteiger partial charge is 0.370 e. The first kappa shape index (κ1) is 43.5. The number of carbonyl (C=O) groups is 7. The molecule has 15 heteroatoms. The summed E-state index contributed by atoms with van der Waals surface area (Å²) in [6, 6.07) is 3.81. The summed E-state index contributed by atoms with van der Waals surface area (Å²) in [5.41, 5.74) is 17.5. The van der Waals surface area contributed by atoms with Crippen LogP contribution in [0.25, 0.3) is 0 Å². The fraction of sp³-hybridized carbons (Fsp3) is 0.629. The van der Waals surface area contributed by atoms with Crippen LogP contribution < -0.4 is 17.2 Å². The van der Waals surface area contributed by atoms with E-state index in [4.69, 9.17) is 17.2 Å². The van der Waals surface area contributed by atoms with Crippen LogP contribution in [0.5, 0.6) is 0 Å². The number of hydrogen-bond acceptors (Lipinski definition) is 8. The van der Waals surface area contributed by atoms with Crippen molar-refractivity contribution in [2.45, 2.75) is 90.5 Å². The maximum absolute atomic E-state index is 13.8. The van der Waals surface area contributed by atoms with Crippen molar-refractivity contribution >= 4 is 41.4 Å². The SMILES string of the molecule is CC[C@H](C)[C@@H](C(=O)N(C)[C@@H](CC(C)C)C(N)=O)N(C)C(=O)[C@H](C)N(C)C(=O)CN(C)C(=O)[C@H](Cc1ccccc1)N(C)C(=O)[C@@H](N)CC(N)=O. The van der Waals surface area contributed by atoms with Crippen molar-refractivity contribution in [1.82, 2.24) is 24.5 Å². The molecule has 1 rings (SSSR count). The Hall–Kier alpha value is -4.53. The highest BCUT2D eigenvalue weighted by atomic mass is 16.2. The molecule has 0 aliphatic rings. The average Bonchev–Trinajstić information content (AvgIpc) is 3.06. The standard InChI is InChI=1S/C35H58N8O7/c1-11-22(4)30(35(50)41(8)26(31(38)46)17-21(2)3)43(10)32(47)23(5)40(7)29(45)20-39(6)34(49)27(18-24-15-13-12-14-16-24)42(9)33(48)25(36)19-28(37)44/h12-16,21-23,25-27,30H,11,17-20,36H2,1-10H3,(H2,37,44)(H2,38,46)/t22-,23-,25-,26-,27-,30-/m0/s1.